The molecule has 1 unspecified atom stereocenters. The molecule has 3 heterocycles. The van der Waals surface area contributed by atoms with Gasteiger partial charge in [0.1, 0.15) is 0 Å². The van der Waals surface area contributed by atoms with Crippen molar-refractivity contribution in [2.45, 2.75) is 25.2 Å². The molecule has 182 valence electrons. The van der Waals surface area contributed by atoms with Crippen molar-refractivity contribution in [3.8, 4) is 11.5 Å². The molecule has 1 aromatic heterocycles. The number of carbonyl (C=O) groups excluding carboxylic acids is 2. The van der Waals surface area contributed by atoms with Crippen LogP contribution in [0.3, 0.4) is 0 Å². The molecule has 0 spiro atoms. The molecular formula is C23H22N4O7S. The van der Waals surface area contributed by atoms with Gasteiger partial charge in [0, 0.05) is 36.0 Å². The predicted molar refractivity (Wildman–Crippen MR) is 125 cm³/mol. The zero-order valence-corrected chi connectivity index (χ0v) is 19.7. The monoisotopic (exact) mass is 498 g/mol. The second-order valence-corrected chi connectivity index (χ2v) is 9.97. The first-order valence-corrected chi connectivity index (χ1v) is 12.3. The molecule has 35 heavy (non-hydrogen) atoms. The first kappa shape index (κ1) is 22.7. The van der Waals surface area contributed by atoms with Crippen LogP contribution < -0.4 is 24.4 Å². The van der Waals surface area contributed by atoms with Gasteiger partial charge in [-0.15, -0.1) is 0 Å². The summed E-state index contributed by atoms with van der Waals surface area (Å²) >= 11 is 0. The topological polar surface area (TPSA) is 140 Å². The van der Waals surface area contributed by atoms with Crippen LogP contribution in [0.2, 0.25) is 0 Å². The molecule has 0 bridgehead atoms. The number of amides is 2. The first-order chi connectivity index (χ1) is 16.7. The fourth-order valence-electron chi connectivity index (χ4n) is 3.84. The number of hydrogen-bond acceptors (Lipinski definition) is 8. The largest absolute Gasteiger partial charge is 0.454 e. The molecule has 2 amide bonds. The number of rotatable bonds is 6. The lowest BCUT2D eigenvalue weighted by Gasteiger charge is -2.17. The lowest BCUT2D eigenvalue weighted by atomic mass is 10.1. The maximum Gasteiger partial charge on any atom is 0.264 e. The quantitative estimate of drug-likeness (QED) is 0.529. The summed E-state index contributed by atoms with van der Waals surface area (Å²) in [4.78, 5) is 26.9. The van der Waals surface area contributed by atoms with E-state index in [1.165, 1.54) is 24.3 Å². The van der Waals surface area contributed by atoms with Crippen LogP contribution in [-0.2, 0) is 19.6 Å². The first-order valence-electron chi connectivity index (χ1n) is 10.8. The lowest BCUT2D eigenvalue weighted by Crippen LogP contribution is -2.28. The third-order valence-electron chi connectivity index (χ3n) is 5.98. The zero-order valence-electron chi connectivity index (χ0n) is 18.9. The van der Waals surface area contributed by atoms with Crippen molar-refractivity contribution in [1.82, 2.24) is 5.16 Å². The summed E-state index contributed by atoms with van der Waals surface area (Å²) in [6, 6.07) is 10.9. The Morgan fingerprint density at radius 2 is 1.83 bits per heavy atom. The van der Waals surface area contributed by atoms with Gasteiger partial charge in [0.2, 0.25) is 24.5 Å². The van der Waals surface area contributed by atoms with Crippen molar-refractivity contribution in [3.63, 3.8) is 0 Å². The fraction of sp³-hybridized carbons (Fsp3) is 0.261. The minimum absolute atomic E-state index is 0.00557. The van der Waals surface area contributed by atoms with E-state index in [9.17, 15) is 18.0 Å². The number of carbonyl (C=O) groups is 2. The van der Waals surface area contributed by atoms with Crippen LogP contribution >= 0.6 is 0 Å². The third-order valence-corrected chi connectivity index (χ3v) is 7.33. The second kappa shape index (κ2) is 8.62. The van der Waals surface area contributed by atoms with E-state index in [4.69, 9.17) is 14.0 Å². The molecule has 1 saturated heterocycles. The Morgan fingerprint density at radius 1 is 1.09 bits per heavy atom. The number of nitrogens with one attached hydrogen (secondary N) is 2. The van der Waals surface area contributed by atoms with Gasteiger partial charge in [-0.1, -0.05) is 5.16 Å². The van der Waals surface area contributed by atoms with E-state index in [-0.39, 0.29) is 42.4 Å². The van der Waals surface area contributed by atoms with Gasteiger partial charge < -0.3 is 24.2 Å². The van der Waals surface area contributed by atoms with Crippen LogP contribution in [0.25, 0.3) is 0 Å². The van der Waals surface area contributed by atoms with Crippen molar-refractivity contribution in [2.75, 3.05) is 28.3 Å². The van der Waals surface area contributed by atoms with E-state index in [2.05, 4.69) is 15.2 Å². The molecule has 1 atom stereocenters. The van der Waals surface area contributed by atoms with Gasteiger partial charge in [0.25, 0.3) is 10.0 Å². The Morgan fingerprint density at radius 3 is 2.54 bits per heavy atom. The van der Waals surface area contributed by atoms with Crippen molar-refractivity contribution in [3.05, 3.63) is 53.7 Å². The van der Waals surface area contributed by atoms with Gasteiger partial charge >= 0.3 is 0 Å². The number of benzene rings is 2. The molecule has 12 heteroatoms. The summed E-state index contributed by atoms with van der Waals surface area (Å²) in [5.74, 6) is 0.161. The van der Waals surface area contributed by atoms with Crippen LogP contribution in [0.1, 0.15) is 17.7 Å². The molecular weight excluding hydrogens is 476 g/mol. The molecule has 11 nitrogen and oxygen atoms in total. The SMILES string of the molecule is Cc1noc(NS(=O)(=O)c2ccc(NC(=O)C3CC(=O)N(c4ccc5c(c4)OCO5)C3)cc2)c1C. The highest BCUT2D eigenvalue weighted by Gasteiger charge is 2.35. The Hall–Kier alpha value is -4.06. The number of aromatic nitrogens is 1. The summed E-state index contributed by atoms with van der Waals surface area (Å²) in [5, 5.41) is 6.49. The highest BCUT2D eigenvalue weighted by molar-refractivity contribution is 7.92. The molecule has 2 N–H and O–H groups in total. The van der Waals surface area contributed by atoms with E-state index in [1.54, 1.807) is 36.9 Å². The predicted octanol–water partition coefficient (Wildman–Crippen LogP) is 2.81. The molecule has 2 aliphatic rings. The van der Waals surface area contributed by atoms with Gasteiger partial charge in [-0.3, -0.25) is 9.59 Å². The number of fused-ring (bicyclic) bond motifs is 1. The minimum atomic E-state index is -3.90. The summed E-state index contributed by atoms with van der Waals surface area (Å²) in [7, 11) is -3.90. The van der Waals surface area contributed by atoms with E-state index < -0.39 is 15.9 Å². The van der Waals surface area contributed by atoms with Gasteiger partial charge in [-0.25, -0.2) is 13.1 Å². The van der Waals surface area contributed by atoms with Crippen molar-refractivity contribution in [2.24, 2.45) is 5.92 Å². The number of aryl methyl sites for hydroxylation is 1. The summed E-state index contributed by atoms with van der Waals surface area (Å²) in [6.45, 7) is 3.76. The summed E-state index contributed by atoms with van der Waals surface area (Å²) in [6.07, 6.45) is 0.0621. The van der Waals surface area contributed by atoms with Crippen molar-refractivity contribution in [1.29, 1.82) is 0 Å². The lowest BCUT2D eigenvalue weighted by molar-refractivity contribution is -0.122. The average molecular weight is 499 g/mol. The molecule has 0 aliphatic carbocycles. The Balaban J connectivity index is 1.23. The number of ether oxygens (including phenoxy) is 2. The second-order valence-electron chi connectivity index (χ2n) is 8.28. The number of anilines is 3. The maximum absolute atomic E-state index is 12.8. The molecule has 2 aromatic carbocycles. The van der Waals surface area contributed by atoms with E-state index >= 15 is 0 Å². The molecule has 2 aliphatic heterocycles. The smallest absolute Gasteiger partial charge is 0.264 e. The van der Waals surface area contributed by atoms with Crippen molar-refractivity contribution < 1.29 is 32.0 Å². The van der Waals surface area contributed by atoms with E-state index in [0.29, 0.717) is 34.1 Å². The van der Waals surface area contributed by atoms with Crippen LogP contribution in [0.15, 0.2) is 51.9 Å². The number of nitrogens with zero attached hydrogens (tertiary/aromatic N) is 2. The maximum atomic E-state index is 12.8. The minimum Gasteiger partial charge on any atom is -0.454 e. The van der Waals surface area contributed by atoms with E-state index in [0.717, 1.165) is 0 Å². The van der Waals surface area contributed by atoms with Gasteiger partial charge in [-0.05, 0) is 50.2 Å². The molecule has 0 radical (unpaired) electrons. The molecule has 5 rings (SSSR count). The number of hydrogen-bond donors (Lipinski definition) is 2. The highest BCUT2D eigenvalue weighted by Crippen LogP contribution is 2.37. The Bertz CT molecular complexity index is 1420. The normalized spacial score (nSPS) is 17.0. The van der Waals surface area contributed by atoms with Gasteiger partial charge in [-0.2, -0.15) is 0 Å². The molecule has 0 saturated carbocycles. The van der Waals surface area contributed by atoms with Gasteiger partial charge in [0.05, 0.1) is 16.5 Å². The Labute approximate surface area is 201 Å². The standard InChI is InChI=1S/C23H22N4O7S/c1-13-14(2)25-34-23(13)26-35(30,31)18-6-3-16(4-7-18)24-22(29)15-9-21(28)27(11-15)17-5-8-19-20(10-17)33-12-32-19/h3-8,10,15,26H,9,11-12H2,1-2H3,(H,24,29). The summed E-state index contributed by atoms with van der Waals surface area (Å²) < 4.78 is 43.3. The average Bonchev–Trinajstić information content (AvgIpc) is 3.54. The van der Waals surface area contributed by atoms with E-state index in [1.807, 2.05) is 0 Å². The number of sulfonamides is 1. The zero-order chi connectivity index (χ0) is 24.7. The highest BCUT2D eigenvalue weighted by atomic mass is 32.2. The fourth-order valence-corrected chi connectivity index (χ4v) is 4.89. The molecule has 3 aromatic rings. The van der Waals surface area contributed by atoms with Crippen LogP contribution in [0.4, 0.5) is 17.3 Å². The molecule has 1 fully saturated rings. The summed E-state index contributed by atoms with van der Waals surface area (Å²) in [5.41, 5.74) is 2.23. The van der Waals surface area contributed by atoms with Gasteiger partial charge in [0.15, 0.2) is 11.5 Å². The Kier molecular flexibility index (Phi) is 5.59. The third kappa shape index (κ3) is 4.39. The van der Waals surface area contributed by atoms with Crippen molar-refractivity contribution >= 4 is 39.1 Å². The van der Waals surface area contributed by atoms with Crippen LogP contribution in [0, 0.1) is 19.8 Å². The van der Waals surface area contributed by atoms with Crippen LogP contribution in [-0.4, -0.2) is 38.7 Å². The van der Waals surface area contributed by atoms with Crippen LogP contribution in [0.5, 0.6) is 11.5 Å².